The lowest BCUT2D eigenvalue weighted by molar-refractivity contribution is -0.0505. The third-order valence-electron chi connectivity index (χ3n) is 8.36. The Labute approximate surface area is 216 Å². The van der Waals surface area contributed by atoms with Crippen LogP contribution in [0.2, 0.25) is 0 Å². The molecule has 3 aromatic heterocycles. The van der Waals surface area contributed by atoms with Crippen LogP contribution in [0.4, 0.5) is 8.78 Å². The maximum Gasteiger partial charge on any atom is 0.387 e. The van der Waals surface area contributed by atoms with Gasteiger partial charge >= 0.3 is 6.61 Å². The van der Waals surface area contributed by atoms with Gasteiger partial charge in [0.2, 0.25) is 0 Å². The summed E-state index contributed by atoms with van der Waals surface area (Å²) in [5, 5.41) is 14.6. The number of aromatic nitrogens is 5. The normalized spacial score (nSPS) is 21.3. The van der Waals surface area contributed by atoms with Crippen molar-refractivity contribution in [2.75, 3.05) is 13.7 Å². The first-order valence-corrected chi connectivity index (χ1v) is 12.6. The van der Waals surface area contributed by atoms with Crippen molar-refractivity contribution in [2.24, 2.45) is 0 Å². The fraction of sp³-hybridized carbons (Fsp3) is 0.370. The first-order chi connectivity index (χ1) is 18.4. The summed E-state index contributed by atoms with van der Waals surface area (Å²) in [5.74, 6) is -0.0167. The molecule has 4 heterocycles. The van der Waals surface area contributed by atoms with E-state index in [9.17, 15) is 18.7 Å². The SMILES string of the molecule is CN1C(=O)c2cccc(OC(F)F)c2C2CC1c1nn3ccc(-c4cnc(C5(CO)CCC5)nc4)nc3c12. The number of amides is 1. The van der Waals surface area contributed by atoms with Crippen molar-refractivity contribution >= 4 is 11.6 Å². The van der Waals surface area contributed by atoms with Crippen LogP contribution < -0.4 is 4.74 Å². The van der Waals surface area contributed by atoms with Gasteiger partial charge in [0.05, 0.1) is 29.5 Å². The topological polar surface area (TPSA) is 106 Å². The fourth-order valence-corrected chi connectivity index (χ4v) is 6.17. The number of fused-ring (bicyclic) bond motifs is 9. The molecule has 1 amide bonds. The Morgan fingerprint density at radius 3 is 2.66 bits per heavy atom. The van der Waals surface area contributed by atoms with Gasteiger partial charge in [-0.1, -0.05) is 12.5 Å². The van der Waals surface area contributed by atoms with Crippen molar-refractivity contribution in [1.82, 2.24) is 29.5 Å². The number of carbonyl (C=O) groups excluding carboxylic acids is 1. The largest absolute Gasteiger partial charge is 0.434 e. The summed E-state index contributed by atoms with van der Waals surface area (Å²) in [6.07, 6.45) is 8.51. The number of rotatable bonds is 5. The summed E-state index contributed by atoms with van der Waals surface area (Å²) in [7, 11) is 1.71. The van der Waals surface area contributed by atoms with E-state index in [1.165, 1.54) is 6.07 Å². The van der Waals surface area contributed by atoms with E-state index in [0.717, 1.165) is 24.8 Å². The van der Waals surface area contributed by atoms with Crippen molar-refractivity contribution in [2.45, 2.75) is 49.7 Å². The van der Waals surface area contributed by atoms with Gasteiger partial charge in [-0.05, 0) is 37.5 Å². The Hall–Kier alpha value is -3.99. The lowest BCUT2D eigenvalue weighted by atomic mass is 9.69. The van der Waals surface area contributed by atoms with Gasteiger partial charge < -0.3 is 14.7 Å². The number of hydrogen-bond acceptors (Lipinski definition) is 7. The van der Waals surface area contributed by atoms with Gasteiger partial charge in [0.15, 0.2) is 5.65 Å². The molecule has 4 aromatic rings. The number of nitrogens with zero attached hydrogens (tertiary/aromatic N) is 6. The van der Waals surface area contributed by atoms with Crippen LogP contribution in [0.3, 0.4) is 0 Å². The average Bonchev–Trinajstić information content (AvgIpc) is 3.41. The number of carbonyl (C=O) groups is 1. The van der Waals surface area contributed by atoms with Gasteiger partial charge in [0.25, 0.3) is 5.91 Å². The molecule has 3 aliphatic rings. The minimum Gasteiger partial charge on any atom is -0.434 e. The van der Waals surface area contributed by atoms with E-state index in [4.69, 9.17) is 14.8 Å². The van der Waals surface area contributed by atoms with Crippen LogP contribution in [-0.2, 0) is 5.41 Å². The molecule has 1 fully saturated rings. The fourth-order valence-electron chi connectivity index (χ4n) is 6.17. The lowest BCUT2D eigenvalue weighted by Gasteiger charge is -2.38. The summed E-state index contributed by atoms with van der Waals surface area (Å²) in [6.45, 7) is -2.99. The zero-order chi connectivity index (χ0) is 26.2. The molecule has 194 valence electrons. The molecule has 1 saturated carbocycles. The molecule has 0 spiro atoms. The number of ether oxygens (including phenoxy) is 1. The minimum atomic E-state index is -3.02. The standard InChI is InChI=1S/C27H24F2N6O3/c1-34-18-10-16(20-15(24(34)37)4-2-5-19(20)38-26(28)29)21-22(18)33-35-9-6-17(32-23(21)35)14-11-30-25(31-12-14)27(13-36)7-3-8-27/h2,4-6,9,11-12,16,18,26,36H,3,7-8,10,13H2,1H3. The van der Waals surface area contributed by atoms with E-state index >= 15 is 0 Å². The Bertz CT molecular complexity index is 1580. The Morgan fingerprint density at radius 2 is 1.97 bits per heavy atom. The molecule has 2 unspecified atom stereocenters. The second-order valence-corrected chi connectivity index (χ2v) is 10.3. The van der Waals surface area contributed by atoms with Gasteiger partial charge in [-0.25, -0.2) is 19.5 Å². The minimum absolute atomic E-state index is 0.00829. The molecule has 0 saturated heterocycles. The monoisotopic (exact) mass is 518 g/mol. The molecule has 38 heavy (non-hydrogen) atoms. The first kappa shape index (κ1) is 23.2. The van der Waals surface area contributed by atoms with Gasteiger partial charge in [0.1, 0.15) is 11.6 Å². The maximum atomic E-state index is 13.3. The zero-order valence-electron chi connectivity index (χ0n) is 20.5. The van der Waals surface area contributed by atoms with Crippen LogP contribution >= 0.6 is 0 Å². The number of alkyl halides is 2. The Kier molecular flexibility index (Phi) is 5.03. The smallest absolute Gasteiger partial charge is 0.387 e. The van der Waals surface area contributed by atoms with Crippen LogP contribution in [-0.4, -0.2) is 60.7 Å². The summed E-state index contributed by atoms with van der Waals surface area (Å²) < 4.78 is 33.2. The van der Waals surface area contributed by atoms with E-state index in [0.29, 0.717) is 46.0 Å². The van der Waals surface area contributed by atoms with Crippen molar-refractivity contribution in [3.8, 4) is 17.0 Å². The third kappa shape index (κ3) is 3.20. The molecule has 2 atom stereocenters. The molecule has 1 N–H and O–H groups in total. The number of halogens is 2. The molecular weight excluding hydrogens is 494 g/mol. The van der Waals surface area contributed by atoms with Crippen LogP contribution in [0, 0.1) is 0 Å². The quantitative estimate of drug-likeness (QED) is 0.428. The predicted octanol–water partition coefficient (Wildman–Crippen LogP) is 3.86. The molecule has 1 aliphatic heterocycles. The van der Waals surface area contributed by atoms with Crippen LogP contribution in [0.15, 0.2) is 42.9 Å². The number of aliphatic hydroxyl groups excluding tert-OH is 1. The second kappa shape index (κ2) is 8.26. The molecule has 2 aliphatic carbocycles. The summed E-state index contributed by atoms with van der Waals surface area (Å²) in [6, 6.07) is 6.18. The van der Waals surface area contributed by atoms with Gasteiger partial charge in [-0.3, -0.25) is 4.79 Å². The number of aliphatic hydroxyl groups is 1. The summed E-state index contributed by atoms with van der Waals surface area (Å²) in [4.78, 5) is 28.9. The number of benzene rings is 1. The highest BCUT2D eigenvalue weighted by Crippen LogP contribution is 2.53. The molecule has 0 radical (unpaired) electrons. The van der Waals surface area contributed by atoms with Crippen molar-refractivity contribution < 1.29 is 23.4 Å². The summed E-state index contributed by atoms with van der Waals surface area (Å²) >= 11 is 0. The van der Waals surface area contributed by atoms with Gasteiger partial charge in [0, 0.05) is 53.8 Å². The maximum absolute atomic E-state index is 13.3. The molecule has 7 rings (SSSR count). The third-order valence-corrected chi connectivity index (χ3v) is 8.36. The van der Waals surface area contributed by atoms with E-state index in [-0.39, 0.29) is 29.7 Å². The molecule has 9 nitrogen and oxygen atoms in total. The van der Waals surface area contributed by atoms with Crippen molar-refractivity contribution in [3.05, 3.63) is 71.1 Å². The van der Waals surface area contributed by atoms with Crippen LogP contribution in [0.1, 0.15) is 70.6 Å². The molecule has 1 aromatic carbocycles. The van der Waals surface area contributed by atoms with E-state index in [1.54, 1.807) is 47.2 Å². The van der Waals surface area contributed by atoms with Gasteiger partial charge in [-0.15, -0.1) is 0 Å². The summed E-state index contributed by atoms with van der Waals surface area (Å²) in [5.41, 5.74) is 3.87. The second-order valence-electron chi connectivity index (χ2n) is 10.3. The Balaban J connectivity index is 1.35. The average molecular weight is 519 g/mol. The highest BCUT2D eigenvalue weighted by atomic mass is 19.3. The Morgan fingerprint density at radius 1 is 1.18 bits per heavy atom. The molecular formula is C27H24F2N6O3. The lowest BCUT2D eigenvalue weighted by Crippen LogP contribution is -2.39. The highest BCUT2D eigenvalue weighted by molar-refractivity contribution is 5.98. The first-order valence-electron chi connectivity index (χ1n) is 12.6. The predicted molar refractivity (Wildman–Crippen MR) is 131 cm³/mol. The molecule has 2 bridgehead atoms. The van der Waals surface area contributed by atoms with Gasteiger partial charge in [-0.2, -0.15) is 13.9 Å². The van der Waals surface area contributed by atoms with Crippen molar-refractivity contribution in [1.29, 1.82) is 0 Å². The van der Waals surface area contributed by atoms with E-state index < -0.39 is 12.5 Å². The van der Waals surface area contributed by atoms with E-state index in [1.807, 2.05) is 6.07 Å². The number of hydrogen-bond donors (Lipinski definition) is 1. The zero-order valence-corrected chi connectivity index (χ0v) is 20.5. The van der Waals surface area contributed by atoms with Crippen LogP contribution in [0.5, 0.6) is 5.75 Å². The highest BCUT2D eigenvalue weighted by Gasteiger charge is 2.46. The van der Waals surface area contributed by atoms with Crippen molar-refractivity contribution in [3.63, 3.8) is 0 Å². The molecule has 11 heteroatoms. The van der Waals surface area contributed by atoms with E-state index in [2.05, 4.69) is 9.97 Å². The van der Waals surface area contributed by atoms with Crippen LogP contribution in [0.25, 0.3) is 16.9 Å².